The minimum absolute atomic E-state index is 0. The molecule has 240 valence electrons. The van der Waals surface area contributed by atoms with Crippen molar-refractivity contribution in [3.8, 4) is 0 Å². The summed E-state index contributed by atoms with van der Waals surface area (Å²) < 4.78 is 60.4. The molecule has 1 amide bonds. The van der Waals surface area contributed by atoms with E-state index in [1.165, 1.54) is 70.6 Å². The molecule has 0 fully saturated rings. The molecule has 0 heterocycles. The molecule has 0 aliphatic heterocycles. The van der Waals surface area contributed by atoms with Gasteiger partial charge in [0.15, 0.2) is 0 Å². The number of unbranched alkanes of at least 4 members (excludes halogenated alkanes) is 14. The maximum Gasteiger partial charge on any atom is 2.00 e. The van der Waals surface area contributed by atoms with Crippen LogP contribution in [-0.2, 0) is 25.0 Å². The van der Waals surface area contributed by atoms with E-state index >= 15 is 0 Å². The second-order valence-electron chi connectivity index (χ2n) is 10.3. The molecule has 2 N–H and O–H groups in total. The second-order valence-corrected chi connectivity index (χ2v) is 13.4. The normalized spacial score (nSPS) is 11.9. The predicted molar refractivity (Wildman–Crippen MR) is 166 cm³/mol. The predicted octanol–water partition coefficient (Wildman–Crippen LogP) is 4.74. The Kier molecular flexibility index (Phi) is 34.9. The van der Waals surface area contributed by atoms with Crippen molar-refractivity contribution in [1.29, 1.82) is 0 Å². The molecule has 0 aliphatic rings. The zero-order chi connectivity index (χ0) is 30.5. The number of aliphatic imine (C=N–C) groups is 1. The summed E-state index contributed by atoms with van der Waals surface area (Å²) in [6.45, 7) is 4.84. The molecule has 0 rings (SSSR count). The average Bonchev–Trinajstić information content (AvgIpc) is 2.87. The van der Waals surface area contributed by atoms with Gasteiger partial charge in [-0.05, 0) is 38.0 Å². The molecular formula is C28H56CaN2O8S2. The number of hydrogen-bond donors (Lipinski definition) is 2. The maximum absolute atomic E-state index is 11.4. The first-order chi connectivity index (χ1) is 18.9. The zero-order valence-electron chi connectivity index (χ0n) is 25.7. The van der Waals surface area contributed by atoms with Gasteiger partial charge in [-0.2, -0.15) is 8.42 Å². The van der Waals surface area contributed by atoms with Gasteiger partial charge >= 0.3 is 37.7 Å². The summed E-state index contributed by atoms with van der Waals surface area (Å²) in [6.07, 6.45) is 20.3. The molecular weight excluding hydrogens is 597 g/mol. The molecule has 10 nitrogen and oxygen atoms in total. The molecule has 0 radical (unpaired) electrons. The Bertz CT molecular complexity index is 838. The Morgan fingerprint density at radius 1 is 0.683 bits per heavy atom. The largest absolute Gasteiger partial charge is 2.00 e. The summed E-state index contributed by atoms with van der Waals surface area (Å²) in [6, 6.07) is 0. The van der Waals surface area contributed by atoms with Crippen molar-refractivity contribution in [2.75, 3.05) is 24.6 Å². The van der Waals surface area contributed by atoms with Crippen molar-refractivity contribution in [2.24, 2.45) is 4.99 Å². The van der Waals surface area contributed by atoms with E-state index in [0.717, 1.165) is 32.1 Å². The molecule has 0 saturated carbocycles. The fraction of sp³-hybridized carbons (Fsp3) is 0.929. The Morgan fingerprint density at radius 3 is 1.56 bits per heavy atom. The number of amides is 1. The summed E-state index contributed by atoms with van der Waals surface area (Å²) in [7, 11) is -8.08. The summed E-state index contributed by atoms with van der Waals surface area (Å²) in [5.74, 6) is -0.961. The third kappa shape index (κ3) is 44.6. The van der Waals surface area contributed by atoms with Crippen molar-refractivity contribution in [3.63, 3.8) is 0 Å². The fourth-order valence-corrected chi connectivity index (χ4v) is 4.92. The van der Waals surface area contributed by atoms with Gasteiger partial charge in [0.25, 0.3) is 10.1 Å². The maximum atomic E-state index is 11.4. The van der Waals surface area contributed by atoms with Crippen LogP contribution in [0.5, 0.6) is 0 Å². The zero-order valence-corrected chi connectivity index (χ0v) is 29.6. The first-order valence-corrected chi connectivity index (χ1v) is 18.5. The van der Waals surface area contributed by atoms with Gasteiger partial charge in [0.2, 0.25) is 5.91 Å². The van der Waals surface area contributed by atoms with Gasteiger partial charge in [0.1, 0.15) is 0 Å². The Balaban J connectivity index is -0.000000688. The first kappa shape index (κ1) is 45.4. The van der Waals surface area contributed by atoms with Crippen LogP contribution in [0, 0.1) is 0 Å². The third-order valence-electron chi connectivity index (χ3n) is 6.24. The van der Waals surface area contributed by atoms with Gasteiger partial charge in [-0.25, -0.2) is 8.42 Å². The number of hydrogen-bond acceptors (Lipinski definition) is 8. The minimum Gasteiger partial charge on any atom is -0.862 e. The van der Waals surface area contributed by atoms with Crippen molar-refractivity contribution >= 4 is 69.8 Å². The number of carbonyl (C=O) groups excluding carboxylic acids is 1. The second kappa shape index (κ2) is 31.4. The monoisotopic (exact) mass is 652 g/mol. The molecule has 0 spiro atoms. The molecule has 0 aliphatic carbocycles. The molecule has 0 aromatic carbocycles. The number of rotatable bonds is 26. The van der Waals surface area contributed by atoms with Crippen LogP contribution in [0.15, 0.2) is 4.99 Å². The summed E-state index contributed by atoms with van der Waals surface area (Å²) in [5.41, 5.74) is 0. The van der Waals surface area contributed by atoms with Gasteiger partial charge in [-0.15, -0.1) is 0 Å². The molecule has 13 heteroatoms. The van der Waals surface area contributed by atoms with Crippen molar-refractivity contribution in [2.45, 2.75) is 142 Å². The smallest absolute Gasteiger partial charge is 0.862 e. The molecule has 0 atom stereocenters. The van der Waals surface area contributed by atoms with Crippen LogP contribution in [0.4, 0.5) is 0 Å². The Labute approximate surface area is 280 Å². The van der Waals surface area contributed by atoms with Gasteiger partial charge in [-0.3, -0.25) is 9.35 Å². The van der Waals surface area contributed by atoms with E-state index in [9.17, 15) is 31.3 Å². The standard InChI is InChI=1S/2C14H29NO4S.Ca/c2*1-2-3-4-5-6-7-8-9-11-14(16)15-12-10-13-20(17,18)19;/h2*2-13H2,1H3,(H,15,16)(H,17,18,19);/q;;+2/p-2. The van der Waals surface area contributed by atoms with E-state index in [0.29, 0.717) is 19.4 Å². The van der Waals surface area contributed by atoms with Crippen LogP contribution in [0.1, 0.15) is 142 Å². The van der Waals surface area contributed by atoms with Gasteiger partial charge < -0.3 is 20.0 Å². The Hall–Kier alpha value is 0.0197. The van der Waals surface area contributed by atoms with E-state index in [-0.39, 0.29) is 74.7 Å². The molecule has 0 unspecified atom stereocenters. The van der Waals surface area contributed by atoms with Crippen LogP contribution in [-0.4, -0.2) is 100 Å². The van der Waals surface area contributed by atoms with Crippen LogP contribution < -0.4 is 10.4 Å². The van der Waals surface area contributed by atoms with Gasteiger partial charge in [0.05, 0.1) is 15.9 Å². The topological polar surface area (TPSA) is 176 Å². The van der Waals surface area contributed by atoms with E-state index in [1.807, 2.05) is 0 Å². The number of nitrogens with one attached hydrogen (secondary N) is 1. The fourth-order valence-electron chi connectivity index (χ4n) is 3.92. The minimum atomic E-state index is -4.18. The van der Waals surface area contributed by atoms with Crippen LogP contribution in [0.25, 0.3) is 0 Å². The van der Waals surface area contributed by atoms with Crippen molar-refractivity contribution < 1.29 is 35.8 Å². The van der Waals surface area contributed by atoms with E-state index in [1.54, 1.807) is 0 Å². The van der Waals surface area contributed by atoms with E-state index < -0.39 is 26.0 Å². The molecule has 41 heavy (non-hydrogen) atoms. The van der Waals surface area contributed by atoms with Gasteiger partial charge in [0, 0.05) is 25.3 Å². The molecule has 0 aromatic rings. The Morgan fingerprint density at radius 2 is 1.12 bits per heavy atom. The molecule has 0 bridgehead atoms. The quantitative estimate of drug-likeness (QED) is 0.0443. The van der Waals surface area contributed by atoms with Crippen LogP contribution in [0.2, 0.25) is 0 Å². The molecule has 0 aromatic heterocycles. The van der Waals surface area contributed by atoms with Crippen LogP contribution in [0.3, 0.4) is 0 Å². The summed E-state index contributed by atoms with van der Waals surface area (Å²) >= 11 is 0. The average molecular weight is 653 g/mol. The summed E-state index contributed by atoms with van der Waals surface area (Å²) in [4.78, 5) is 15.2. The number of nitrogens with zero attached hydrogens (tertiary/aromatic N) is 1. The van der Waals surface area contributed by atoms with Crippen LogP contribution >= 0.6 is 0 Å². The summed E-state index contributed by atoms with van der Waals surface area (Å²) in [5, 5.41) is 14.0. The number of carbonyl (C=O) groups is 1. The van der Waals surface area contributed by atoms with E-state index in [4.69, 9.17) is 4.55 Å². The molecule has 0 saturated heterocycles. The van der Waals surface area contributed by atoms with E-state index in [2.05, 4.69) is 24.2 Å². The van der Waals surface area contributed by atoms with Crippen molar-refractivity contribution in [3.05, 3.63) is 0 Å². The SMILES string of the molecule is CCCCCCCCCCC(=O)NCCCS(=O)(=O)O.CCCCCCCCCCC([O-])=NCCCS(=O)(=O)[O-].[Ca+2]. The third-order valence-corrected chi connectivity index (χ3v) is 7.84. The first-order valence-electron chi connectivity index (χ1n) is 15.3. The van der Waals surface area contributed by atoms with Gasteiger partial charge in [-0.1, -0.05) is 104 Å². The van der Waals surface area contributed by atoms with Crippen molar-refractivity contribution in [1.82, 2.24) is 5.32 Å².